The molecule has 0 fully saturated rings. The number of rotatable bonds is 0. The van der Waals surface area contributed by atoms with Crippen molar-refractivity contribution in [3.05, 3.63) is 70.8 Å². The van der Waals surface area contributed by atoms with Crippen molar-refractivity contribution in [2.75, 3.05) is 11.9 Å². The van der Waals surface area contributed by atoms with Crippen molar-refractivity contribution in [3.63, 3.8) is 0 Å². The van der Waals surface area contributed by atoms with E-state index in [0.717, 1.165) is 13.0 Å². The molecule has 1 heterocycles. The molecule has 0 spiro atoms. The van der Waals surface area contributed by atoms with E-state index in [2.05, 4.69) is 53.9 Å². The molecule has 82 valence electrons. The summed E-state index contributed by atoms with van der Waals surface area (Å²) in [5, 5.41) is 3.46. The summed E-state index contributed by atoms with van der Waals surface area (Å²) < 4.78 is 0. The first kappa shape index (κ1) is 9.06. The molecule has 1 N–H and O–H groups in total. The van der Waals surface area contributed by atoms with E-state index in [1.54, 1.807) is 0 Å². The highest BCUT2D eigenvalue weighted by Crippen LogP contribution is 2.41. The van der Waals surface area contributed by atoms with Crippen LogP contribution in [0.3, 0.4) is 0 Å². The molecule has 1 aliphatic carbocycles. The van der Waals surface area contributed by atoms with Gasteiger partial charge in [-0.1, -0.05) is 42.5 Å². The normalized spacial score (nSPS) is 15.4. The highest BCUT2D eigenvalue weighted by atomic mass is 14.9. The lowest BCUT2D eigenvalue weighted by atomic mass is 9.80. The predicted octanol–water partition coefficient (Wildman–Crippen LogP) is 3.45. The molecule has 0 unspecified atom stereocenters. The van der Waals surface area contributed by atoms with Crippen LogP contribution in [-0.4, -0.2) is 6.54 Å². The number of hydrogen-bond acceptors (Lipinski definition) is 1. The maximum atomic E-state index is 3.46. The first-order chi connectivity index (χ1) is 8.43. The summed E-state index contributed by atoms with van der Waals surface area (Å²) in [5.41, 5.74) is 8.42. The number of fused-ring (bicyclic) bond motifs is 2. The lowest BCUT2D eigenvalue weighted by Crippen LogP contribution is -2.15. The summed E-state index contributed by atoms with van der Waals surface area (Å²) in [6.07, 6.45) is 3.36. The van der Waals surface area contributed by atoms with Gasteiger partial charge in [0.15, 0.2) is 0 Å². The number of hydrogen-bond donors (Lipinski definition) is 1. The van der Waals surface area contributed by atoms with E-state index in [4.69, 9.17) is 0 Å². The van der Waals surface area contributed by atoms with Gasteiger partial charge in [0.25, 0.3) is 0 Å². The minimum absolute atomic E-state index is 0.931. The predicted molar refractivity (Wildman–Crippen MR) is 71.3 cm³/mol. The zero-order valence-electron chi connectivity index (χ0n) is 9.53. The van der Waals surface area contributed by atoms with Gasteiger partial charge in [-0.2, -0.15) is 0 Å². The van der Waals surface area contributed by atoms with Crippen molar-refractivity contribution in [1.82, 2.24) is 0 Å². The van der Waals surface area contributed by atoms with Crippen molar-refractivity contribution in [1.29, 1.82) is 0 Å². The van der Waals surface area contributed by atoms with Gasteiger partial charge in [-0.05, 0) is 34.8 Å². The fourth-order valence-corrected chi connectivity index (χ4v) is 2.96. The van der Waals surface area contributed by atoms with Gasteiger partial charge in [0.2, 0.25) is 0 Å². The maximum absolute atomic E-state index is 3.46. The Balaban J connectivity index is 2.06. The van der Waals surface area contributed by atoms with Crippen molar-refractivity contribution in [2.24, 2.45) is 0 Å². The first-order valence-corrected chi connectivity index (χ1v) is 6.08. The fourth-order valence-electron chi connectivity index (χ4n) is 2.96. The minimum atomic E-state index is 0.931. The highest BCUT2D eigenvalue weighted by molar-refractivity contribution is 5.93. The lowest BCUT2D eigenvalue weighted by Gasteiger charge is -2.28. The van der Waals surface area contributed by atoms with Gasteiger partial charge in [-0.15, -0.1) is 0 Å². The Labute approximate surface area is 101 Å². The molecule has 2 aromatic carbocycles. The Morgan fingerprint density at radius 2 is 1.76 bits per heavy atom. The molecule has 17 heavy (non-hydrogen) atoms. The molecule has 2 aromatic rings. The van der Waals surface area contributed by atoms with Gasteiger partial charge < -0.3 is 5.32 Å². The van der Waals surface area contributed by atoms with Crippen LogP contribution in [0.1, 0.15) is 22.3 Å². The van der Waals surface area contributed by atoms with Gasteiger partial charge in [-0.25, -0.2) is 0 Å². The van der Waals surface area contributed by atoms with Gasteiger partial charge in [0, 0.05) is 17.8 Å². The van der Waals surface area contributed by atoms with E-state index in [-0.39, 0.29) is 0 Å². The third-order valence-corrected chi connectivity index (χ3v) is 3.71. The van der Waals surface area contributed by atoms with Gasteiger partial charge >= 0.3 is 0 Å². The lowest BCUT2D eigenvalue weighted by molar-refractivity contribution is 1.12. The molecule has 0 amide bonds. The molecule has 0 aromatic heterocycles. The van der Waals surface area contributed by atoms with Gasteiger partial charge in [0.05, 0.1) is 0 Å². The maximum Gasteiger partial charge on any atom is 0.0425 e. The van der Waals surface area contributed by atoms with Gasteiger partial charge in [-0.3, -0.25) is 0 Å². The summed E-state index contributed by atoms with van der Waals surface area (Å²) in [4.78, 5) is 0. The first-order valence-electron chi connectivity index (χ1n) is 6.08. The van der Waals surface area contributed by atoms with Crippen LogP contribution in [0, 0.1) is 0 Å². The van der Waals surface area contributed by atoms with Crippen LogP contribution in [0.5, 0.6) is 0 Å². The largest absolute Gasteiger partial charge is 0.381 e. The zero-order chi connectivity index (χ0) is 11.2. The monoisotopic (exact) mass is 219 g/mol. The zero-order valence-corrected chi connectivity index (χ0v) is 9.53. The molecule has 1 heteroatoms. The topological polar surface area (TPSA) is 12.0 Å². The van der Waals surface area contributed by atoms with Crippen molar-refractivity contribution in [3.8, 4) is 0 Å². The number of benzene rings is 2. The van der Waals surface area contributed by atoms with E-state index >= 15 is 0 Å². The van der Waals surface area contributed by atoms with Crippen LogP contribution in [0.25, 0.3) is 5.57 Å². The van der Waals surface area contributed by atoms with E-state index in [0.29, 0.717) is 0 Å². The quantitative estimate of drug-likeness (QED) is 0.610. The van der Waals surface area contributed by atoms with Crippen molar-refractivity contribution in [2.45, 2.75) is 6.42 Å². The van der Waals surface area contributed by atoms with Crippen LogP contribution in [0.4, 0.5) is 5.69 Å². The Kier molecular flexibility index (Phi) is 1.72. The molecule has 1 aliphatic heterocycles. The molecule has 1 nitrogen and oxygen atoms in total. The molecule has 0 atom stereocenters. The molecular formula is C16H13N. The summed E-state index contributed by atoms with van der Waals surface area (Å²) >= 11 is 0. The second-order valence-corrected chi connectivity index (χ2v) is 4.67. The Morgan fingerprint density at radius 3 is 2.76 bits per heavy atom. The third kappa shape index (κ3) is 1.19. The molecule has 0 saturated heterocycles. The Morgan fingerprint density at radius 1 is 0.882 bits per heavy atom. The summed E-state index contributed by atoms with van der Waals surface area (Å²) in [6, 6.07) is 15.3. The Bertz CT molecular complexity index is 638. The van der Waals surface area contributed by atoms with Crippen molar-refractivity contribution >= 4 is 11.3 Å². The SMILES string of the molecule is C1=C2c3ccccc3Cc3cccc(c32)NC1. The van der Waals surface area contributed by atoms with Crippen LogP contribution in [0.2, 0.25) is 0 Å². The van der Waals surface area contributed by atoms with Crippen LogP contribution in [-0.2, 0) is 6.42 Å². The van der Waals surface area contributed by atoms with E-state index in [9.17, 15) is 0 Å². The summed E-state index contributed by atoms with van der Waals surface area (Å²) in [6.45, 7) is 0.931. The Hall–Kier alpha value is -2.02. The van der Waals surface area contributed by atoms with E-state index in [1.165, 1.54) is 33.5 Å². The smallest absolute Gasteiger partial charge is 0.0425 e. The third-order valence-electron chi connectivity index (χ3n) is 3.71. The molecule has 0 saturated carbocycles. The van der Waals surface area contributed by atoms with Crippen LogP contribution in [0.15, 0.2) is 48.5 Å². The average Bonchev–Trinajstić information content (AvgIpc) is 2.39. The standard InChI is InChI=1S/C16H13N/c1-2-6-13-11(4-1)10-12-5-3-7-15-16(12)14(13)8-9-17-15/h1-8,17H,9-10H2. The summed E-state index contributed by atoms with van der Waals surface area (Å²) in [7, 11) is 0. The highest BCUT2D eigenvalue weighted by Gasteiger charge is 2.23. The molecule has 0 bridgehead atoms. The molecule has 0 radical (unpaired) electrons. The number of anilines is 1. The van der Waals surface area contributed by atoms with Gasteiger partial charge in [0.1, 0.15) is 0 Å². The van der Waals surface area contributed by atoms with Crippen molar-refractivity contribution < 1.29 is 0 Å². The number of nitrogens with one attached hydrogen (secondary N) is 1. The van der Waals surface area contributed by atoms with Crippen LogP contribution < -0.4 is 5.32 Å². The van der Waals surface area contributed by atoms with E-state index in [1.807, 2.05) is 0 Å². The molecular weight excluding hydrogens is 206 g/mol. The second kappa shape index (κ2) is 3.24. The average molecular weight is 219 g/mol. The van der Waals surface area contributed by atoms with E-state index < -0.39 is 0 Å². The molecule has 4 rings (SSSR count). The fraction of sp³-hybridized carbons (Fsp3) is 0.125. The minimum Gasteiger partial charge on any atom is -0.381 e. The second-order valence-electron chi connectivity index (χ2n) is 4.67. The molecule has 2 aliphatic rings. The van der Waals surface area contributed by atoms with Crippen LogP contribution >= 0.6 is 0 Å². The summed E-state index contributed by atoms with van der Waals surface area (Å²) in [5.74, 6) is 0.